The van der Waals surface area contributed by atoms with Crippen molar-refractivity contribution >= 4 is 23.1 Å². The molecule has 2 N–H and O–H groups in total. The third-order valence-electron chi connectivity index (χ3n) is 5.44. The number of para-hydroxylation sites is 2. The van der Waals surface area contributed by atoms with Crippen molar-refractivity contribution in [1.82, 2.24) is 0 Å². The fraction of sp³-hybridized carbons (Fsp3) is 0.231. The molecule has 8 heteroatoms. The van der Waals surface area contributed by atoms with Gasteiger partial charge in [-0.05, 0) is 57.2 Å². The Morgan fingerprint density at radius 3 is 2.41 bits per heavy atom. The van der Waals surface area contributed by atoms with E-state index in [1.807, 2.05) is 6.92 Å². The van der Waals surface area contributed by atoms with Crippen LogP contribution in [0.2, 0.25) is 0 Å². The molecule has 0 bridgehead atoms. The molecule has 8 nitrogen and oxygen atoms in total. The van der Waals surface area contributed by atoms with Gasteiger partial charge in [0.25, 0.3) is 11.7 Å². The van der Waals surface area contributed by atoms with Crippen LogP contribution in [-0.2, 0) is 9.59 Å². The lowest BCUT2D eigenvalue weighted by molar-refractivity contribution is -0.132. The van der Waals surface area contributed by atoms with Gasteiger partial charge in [-0.1, -0.05) is 12.1 Å². The predicted octanol–water partition coefficient (Wildman–Crippen LogP) is 4.72. The van der Waals surface area contributed by atoms with Crippen LogP contribution < -0.4 is 14.4 Å². The summed E-state index contributed by atoms with van der Waals surface area (Å²) < 4.78 is 17.0. The molecule has 34 heavy (non-hydrogen) atoms. The fourth-order valence-corrected chi connectivity index (χ4v) is 3.99. The van der Waals surface area contributed by atoms with Gasteiger partial charge in [-0.2, -0.15) is 0 Å². The summed E-state index contributed by atoms with van der Waals surface area (Å²) in [5.41, 5.74) is 0.181. The van der Waals surface area contributed by atoms with Crippen LogP contribution in [0.3, 0.4) is 0 Å². The topological polar surface area (TPSA) is 109 Å². The molecule has 1 atom stereocenters. The first-order chi connectivity index (χ1) is 16.4. The average molecular weight is 463 g/mol. The monoisotopic (exact) mass is 463 g/mol. The molecular weight excluding hydrogens is 438 g/mol. The quantitative estimate of drug-likeness (QED) is 0.296. The van der Waals surface area contributed by atoms with Crippen LogP contribution in [0.5, 0.6) is 17.2 Å². The number of hydrogen-bond acceptors (Lipinski definition) is 7. The standard InChI is InChI=1S/C26H25NO7/c1-4-32-16-11-12-17(21(14-16)33-5-2)24(29)22-23(20-13-10-15(3)34-20)27(26(31)25(22)30)18-8-6-7-9-19(18)28/h6-14,23,28-29H,4-5H2,1-3H3/b24-22-. The summed E-state index contributed by atoms with van der Waals surface area (Å²) in [4.78, 5) is 27.6. The van der Waals surface area contributed by atoms with Crippen molar-refractivity contribution in [3.63, 3.8) is 0 Å². The zero-order valence-electron chi connectivity index (χ0n) is 19.1. The number of carbonyl (C=O) groups is 2. The molecule has 0 saturated carbocycles. The van der Waals surface area contributed by atoms with Gasteiger partial charge in [-0.25, -0.2) is 0 Å². The molecule has 1 unspecified atom stereocenters. The maximum Gasteiger partial charge on any atom is 0.300 e. The Kier molecular flexibility index (Phi) is 6.32. The molecule has 2 aromatic carbocycles. The first-order valence-electron chi connectivity index (χ1n) is 10.9. The minimum Gasteiger partial charge on any atom is -0.507 e. The number of phenolic OH excluding ortho intramolecular Hbond substituents is 1. The van der Waals surface area contributed by atoms with E-state index in [0.717, 1.165) is 4.90 Å². The Balaban J connectivity index is 1.94. The first kappa shape index (κ1) is 23.0. The molecular formula is C26H25NO7. The van der Waals surface area contributed by atoms with Crippen LogP contribution in [0.1, 0.15) is 37.0 Å². The van der Waals surface area contributed by atoms with Gasteiger partial charge >= 0.3 is 0 Å². The third kappa shape index (κ3) is 3.98. The number of rotatable bonds is 7. The van der Waals surface area contributed by atoms with E-state index < -0.39 is 23.5 Å². The minimum atomic E-state index is -1.09. The van der Waals surface area contributed by atoms with Gasteiger partial charge in [-0.15, -0.1) is 0 Å². The van der Waals surface area contributed by atoms with E-state index in [1.54, 1.807) is 56.3 Å². The number of aromatic hydroxyl groups is 1. The van der Waals surface area contributed by atoms with Crippen molar-refractivity contribution < 1.29 is 33.7 Å². The molecule has 1 aliphatic heterocycles. The van der Waals surface area contributed by atoms with E-state index in [-0.39, 0.29) is 28.3 Å². The summed E-state index contributed by atoms with van der Waals surface area (Å²) in [5, 5.41) is 21.8. The highest BCUT2D eigenvalue weighted by Crippen LogP contribution is 2.46. The van der Waals surface area contributed by atoms with E-state index in [2.05, 4.69) is 0 Å². The summed E-state index contributed by atoms with van der Waals surface area (Å²) in [5.74, 6) is -0.735. The number of carbonyl (C=O) groups excluding carboxylic acids is 2. The highest BCUT2D eigenvalue weighted by molar-refractivity contribution is 6.51. The van der Waals surface area contributed by atoms with Crippen LogP contribution in [0, 0.1) is 6.92 Å². The van der Waals surface area contributed by atoms with Gasteiger partial charge in [0, 0.05) is 6.07 Å². The maximum atomic E-state index is 13.2. The fourth-order valence-electron chi connectivity index (χ4n) is 3.99. The van der Waals surface area contributed by atoms with Crippen LogP contribution in [0.15, 0.2) is 64.6 Å². The largest absolute Gasteiger partial charge is 0.507 e. The summed E-state index contributed by atoms with van der Waals surface area (Å²) in [6.07, 6.45) is 0. The number of nitrogens with zero attached hydrogens (tertiary/aromatic N) is 1. The van der Waals surface area contributed by atoms with Crippen LogP contribution in [-0.4, -0.2) is 35.1 Å². The molecule has 176 valence electrons. The van der Waals surface area contributed by atoms with Crippen LogP contribution in [0.25, 0.3) is 5.76 Å². The molecule has 3 aromatic rings. The normalized spacial score (nSPS) is 17.3. The van der Waals surface area contributed by atoms with E-state index in [0.29, 0.717) is 30.5 Å². The molecule has 0 radical (unpaired) electrons. The lowest BCUT2D eigenvalue weighted by Gasteiger charge is -2.24. The van der Waals surface area contributed by atoms with Gasteiger partial charge < -0.3 is 24.1 Å². The lowest BCUT2D eigenvalue weighted by Crippen LogP contribution is -2.29. The van der Waals surface area contributed by atoms with Crippen molar-refractivity contribution in [2.45, 2.75) is 26.8 Å². The molecule has 1 saturated heterocycles. The number of phenols is 1. The van der Waals surface area contributed by atoms with Crippen molar-refractivity contribution in [3.8, 4) is 17.2 Å². The summed E-state index contributed by atoms with van der Waals surface area (Å²) in [6, 6.07) is 13.3. The molecule has 1 amide bonds. The minimum absolute atomic E-state index is 0.124. The number of aryl methyl sites for hydroxylation is 1. The molecule has 1 aliphatic rings. The molecule has 0 spiro atoms. The second kappa shape index (κ2) is 9.35. The van der Waals surface area contributed by atoms with Crippen molar-refractivity contribution in [2.24, 2.45) is 0 Å². The lowest BCUT2D eigenvalue weighted by atomic mass is 9.98. The Morgan fingerprint density at radius 2 is 1.76 bits per heavy atom. The zero-order valence-corrected chi connectivity index (χ0v) is 19.1. The average Bonchev–Trinajstić information content (AvgIpc) is 3.35. The van der Waals surface area contributed by atoms with Gasteiger partial charge in [0.2, 0.25) is 0 Å². The van der Waals surface area contributed by atoms with E-state index in [9.17, 15) is 19.8 Å². The Bertz CT molecular complexity index is 1270. The van der Waals surface area contributed by atoms with Crippen LogP contribution >= 0.6 is 0 Å². The smallest absolute Gasteiger partial charge is 0.300 e. The van der Waals surface area contributed by atoms with E-state index in [4.69, 9.17) is 13.9 Å². The Labute approximate surface area is 196 Å². The van der Waals surface area contributed by atoms with Crippen LogP contribution in [0.4, 0.5) is 5.69 Å². The molecule has 0 aliphatic carbocycles. The summed E-state index contributed by atoms with van der Waals surface area (Å²) in [7, 11) is 0. The number of anilines is 1. The highest BCUT2D eigenvalue weighted by Gasteiger charge is 2.49. The molecule has 1 fully saturated rings. The van der Waals surface area contributed by atoms with Gasteiger partial charge in [0.05, 0.1) is 30.0 Å². The second-order valence-corrected chi connectivity index (χ2v) is 7.63. The number of ketones is 1. The van der Waals surface area contributed by atoms with Crippen molar-refractivity contribution in [2.75, 3.05) is 18.1 Å². The van der Waals surface area contributed by atoms with E-state index >= 15 is 0 Å². The number of furan rings is 1. The number of Topliss-reactive ketones (excluding diaryl/α,β-unsaturated/α-hetero) is 1. The number of aliphatic hydroxyl groups is 1. The van der Waals surface area contributed by atoms with Crippen molar-refractivity contribution in [1.29, 1.82) is 0 Å². The number of aliphatic hydroxyl groups excluding tert-OH is 1. The number of amides is 1. The summed E-state index contributed by atoms with van der Waals surface area (Å²) in [6.45, 7) is 6.12. The SMILES string of the molecule is CCOc1ccc(/C(O)=C2/C(=O)C(=O)N(c3ccccc3O)C2c2ccc(C)o2)c(OCC)c1. The van der Waals surface area contributed by atoms with Gasteiger partial charge in [0.1, 0.15) is 40.6 Å². The number of hydrogen-bond donors (Lipinski definition) is 2. The first-order valence-corrected chi connectivity index (χ1v) is 10.9. The third-order valence-corrected chi connectivity index (χ3v) is 5.44. The number of ether oxygens (including phenoxy) is 2. The van der Waals surface area contributed by atoms with Gasteiger partial charge in [-0.3, -0.25) is 14.5 Å². The second-order valence-electron chi connectivity index (χ2n) is 7.63. The van der Waals surface area contributed by atoms with Crippen molar-refractivity contribution in [3.05, 3.63) is 77.3 Å². The summed E-state index contributed by atoms with van der Waals surface area (Å²) >= 11 is 0. The highest BCUT2D eigenvalue weighted by atomic mass is 16.5. The van der Waals surface area contributed by atoms with Gasteiger partial charge in [0.15, 0.2) is 0 Å². The molecule has 1 aromatic heterocycles. The maximum absolute atomic E-state index is 13.2. The Hall–Kier alpha value is -4.20. The zero-order chi connectivity index (χ0) is 24.4. The Morgan fingerprint density at radius 1 is 1.03 bits per heavy atom. The predicted molar refractivity (Wildman–Crippen MR) is 125 cm³/mol. The number of benzene rings is 2. The van der Waals surface area contributed by atoms with E-state index in [1.165, 1.54) is 12.1 Å². The molecule has 2 heterocycles. The molecule has 4 rings (SSSR count).